The number of hydrogen-bond acceptors (Lipinski definition) is 2. The average molecular weight is 366 g/mol. The van der Waals surface area contributed by atoms with E-state index in [4.69, 9.17) is 11.6 Å². The van der Waals surface area contributed by atoms with E-state index >= 15 is 0 Å². The van der Waals surface area contributed by atoms with Gasteiger partial charge in [0.05, 0.1) is 17.1 Å². The largest absolute Gasteiger partial charge is 0.417 e. The standard InChI is InChI=1S/C18H15ClF3N3/c1-2-12-6-3-4-7-13(12)10-25-11-23-24-17(25)14-8-5-9-15(16(14)19)18(20,21)22/h3-9,11H,2,10H2,1H3. The van der Waals surface area contributed by atoms with Crippen LogP contribution in [0.15, 0.2) is 48.8 Å². The fourth-order valence-corrected chi connectivity index (χ4v) is 3.06. The van der Waals surface area contributed by atoms with Crippen LogP contribution in [0.3, 0.4) is 0 Å². The van der Waals surface area contributed by atoms with Crippen LogP contribution in [0.5, 0.6) is 0 Å². The van der Waals surface area contributed by atoms with Gasteiger partial charge in [-0.1, -0.05) is 48.9 Å². The summed E-state index contributed by atoms with van der Waals surface area (Å²) in [5.74, 6) is 0.307. The molecule has 0 atom stereocenters. The topological polar surface area (TPSA) is 30.7 Å². The third kappa shape index (κ3) is 3.54. The van der Waals surface area contributed by atoms with Crippen molar-refractivity contribution in [3.8, 4) is 11.4 Å². The highest BCUT2D eigenvalue weighted by molar-refractivity contribution is 6.34. The molecule has 0 unspecified atom stereocenters. The van der Waals surface area contributed by atoms with Crippen LogP contribution in [0.4, 0.5) is 13.2 Å². The van der Waals surface area contributed by atoms with Gasteiger partial charge in [-0.25, -0.2) is 0 Å². The third-order valence-electron chi connectivity index (χ3n) is 4.00. The van der Waals surface area contributed by atoms with Gasteiger partial charge in [0.25, 0.3) is 0 Å². The lowest BCUT2D eigenvalue weighted by Gasteiger charge is -2.14. The molecule has 130 valence electrons. The second-order valence-electron chi connectivity index (χ2n) is 5.57. The quantitative estimate of drug-likeness (QED) is 0.634. The van der Waals surface area contributed by atoms with E-state index in [0.717, 1.165) is 23.6 Å². The lowest BCUT2D eigenvalue weighted by molar-refractivity contribution is -0.137. The van der Waals surface area contributed by atoms with Gasteiger partial charge in [-0.2, -0.15) is 13.2 Å². The maximum absolute atomic E-state index is 13.1. The third-order valence-corrected chi connectivity index (χ3v) is 4.41. The van der Waals surface area contributed by atoms with Gasteiger partial charge in [-0.15, -0.1) is 10.2 Å². The van der Waals surface area contributed by atoms with Crippen molar-refractivity contribution >= 4 is 11.6 Å². The summed E-state index contributed by atoms with van der Waals surface area (Å²) < 4.78 is 41.0. The maximum Gasteiger partial charge on any atom is 0.417 e. The number of benzene rings is 2. The van der Waals surface area contributed by atoms with E-state index in [1.807, 2.05) is 24.3 Å². The molecule has 0 radical (unpaired) electrons. The van der Waals surface area contributed by atoms with E-state index in [1.54, 1.807) is 4.57 Å². The zero-order chi connectivity index (χ0) is 18.0. The predicted molar refractivity (Wildman–Crippen MR) is 90.4 cm³/mol. The van der Waals surface area contributed by atoms with Crippen molar-refractivity contribution in [2.75, 3.05) is 0 Å². The molecular weight excluding hydrogens is 351 g/mol. The molecule has 3 nitrogen and oxygen atoms in total. The van der Waals surface area contributed by atoms with Crippen molar-refractivity contribution in [2.45, 2.75) is 26.1 Å². The summed E-state index contributed by atoms with van der Waals surface area (Å²) in [4.78, 5) is 0. The Bertz CT molecular complexity index is 887. The maximum atomic E-state index is 13.1. The minimum absolute atomic E-state index is 0.211. The molecule has 0 aliphatic carbocycles. The van der Waals surface area contributed by atoms with Gasteiger partial charge < -0.3 is 4.57 Å². The average Bonchev–Trinajstić information content (AvgIpc) is 3.02. The molecule has 0 saturated carbocycles. The highest BCUT2D eigenvalue weighted by Crippen LogP contribution is 2.39. The number of hydrogen-bond donors (Lipinski definition) is 0. The van der Waals surface area contributed by atoms with Crippen molar-refractivity contribution in [2.24, 2.45) is 0 Å². The SMILES string of the molecule is CCc1ccccc1Cn1cnnc1-c1cccc(C(F)(F)F)c1Cl. The summed E-state index contributed by atoms with van der Waals surface area (Å²) in [6, 6.07) is 11.7. The Balaban J connectivity index is 2.03. The Morgan fingerprint density at radius 3 is 2.44 bits per heavy atom. The molecule has 0 aliphatic heterocycles. The number of aromatic nitrogens is 3. The highest BCUT2D eigenvalue weighted by atomic mass is 35.5. The minimum Gasteiger partial charge on any atom is -0.309 e. The lowest BCUT2D eigenvalue weighted by Crippen LogP contribution is -2.08. The molecule has 3 rings (SSSR count). The summed E-state index contributed by atoms with van der Waals surface area (Å²) in [6.07, 6.45) is -2.16. The summed E-state index contributed by atoms with van der Waals surface area (Å²) in [7, 11) is 0. The summed E-state index contributed by atoms with van der Waals surface area (Å²) in [5.41, 5.74) is 1.56. The number of aryl methyl sites for hydroxylation is 1. The van der Waals surface area contributed by atoms with Crippen molar-refractivity contribution in [3.05, 3.63) is 70.5 Å². The zero-order valence-electron chi connectivity index (χ0n) is 13.4. The first-order valence-corrected chi connectivity index (χ1v) is 8.10. The van der Waals surface area contributed by atoms with Gasteiger partial charge in [0.1, 0.15) is 6.33 Å². The molecule has 1 aromatic heterocycles. The molecule has 0 amide bonds. The van der Waals surface area contributed by atoms with Crippen LogP contribution in [0.2, 0.25) is 5.02 Å². The van der Waals surface area contributed by atoms with Crippen molar-refractivity contribution in [1.29, 1.82) is 0 Å². The molecule has 1 heterocycles. The number of rotatable bonds is 4. The van der Waals surface area contributed by atoms with E-state index < -0.39 is 11.7 Å². The van der Waals surface area contributed by atoms with E-state index in [-0.39, 0.29) is 10.6 Å². The number of halogens is 4. The first-order chi connectivity index (χ1) is 11.9. The van der Waals surface area contributed by atoms with Gasteiger partial charge in [-0.05, 0) is 29.7 Å². The molecule has 25 heavy (non-hydrogen) atoms. The summed E-state index contributed by atoms with van der Waals surface area (Å²) in [5, 5.41) is 7.47. The number of alkyl halides is 3. The van der Waals surface area contributed by atoms with Crippen LogP contribution >= 0.6 is 11.6 Å². The van der Waals surface area contributed by atoms with Crippen LogP contribution in [0.25, 0.3) is 11.4 Å². The highest BCUT2D eigenvalue weighted by Gasteiger charge is 2.34. The molecule has 0 saturated heterocycles. The molecule has 0 aliphatic rings. The predicted octanol–water partition coefficient (Wildman–Crippen LogP) is 5.23. The molecule has 2 aromatic carbocycles. The van der Waals surface area contributed by atoms with Gasteiger partial charge in [0, 0.05) is 5.56 Å². The Morgan fingerprint density at radius 2 is 1.76 bits per heavy atom. The van der Waals surface area contributed by atoms with Crippen LogP contribution in [-0.4, -0.2) is 14.8 Å². The van der Waals surface area contributed by atoms with E-state index in [0.29, 0.717) is 12.4 Å². The van der Waals surface area contributed by atoms with Crippen molar-refractivity contribution < 1.29 is 13.2 Å². The number of nitrogens with zero attached hydrogens (tertiary/aromatic N) is 3. The van der Waals surface area contributed by atoms with Gasteiger partial charge in [0.15, 0.2) is 5.82 Å². The monoisotopic (exact) mass is 365 g/mol. The minimum atomic E-state index is -4.52. The van der Waals surface area contributed by atoms with Gasteiger partial charge >= 0.3 is 6.18 Å². The Morgan fingerprint density at radius 1 is 1.04 bits per heavy atom. The second-order valence-corrected chi connectivity index (χ2v) is 5.95. The smallest absolute Gasteiger partial charge is 0.309 e. The van der Waals surface area contributed by atoms with Crippen molar-refractivity contribution in [1.82, 2.24) is 14.8 Å². The second kappa shape index (κ2) is 6.88. The molecule has 0 bridgehead atoms. The molecule has 3 aromatic rings. The zero-order valence-corrected chi connectivity index (χ0v) is 14.1. The summed E-state index contributed by atoms with van der Waals surface area (Å²) >= 11 is 6.02. The van der Waals surface area contributed by atoms with Gasteiger partial charge in [-0.3, -0.25) is 0 Å². The molecule has 0 fully saturated rings. The molecule has 7 heteroatoms. The van der Waals surface area contributed by atoms with Crippen LogP contribution in [0.1, 0.15) is 23.6 Å². The molecule has 0 spiro atoms. The van der Waals surface area contributed by atoms with Crippen LogP contribution < -0.4 is 0 Å². The molecular formula is C18H15ClF3N3. The fourth-order valence-electron chi connectivity index (χ4n) is 2.74. The van der Waals surface area contributed by atoms with Crippen LogP contribution in [0, 0.1) is 0 Å². The van der Waals surface area contributed by atoms with E-state index in [2.05, 4.69) is 17.1 Å². The Hall–Kier alpha value is -2.34. The first kappa shape index (κ1) is 17.5. The normalized spacial score (nSPS) is 11.7. The Kier molecular flexibility index (Phi) is 4.81. The van der Waals surface area contributed by atoms with Crippen LogP contribution in [-0.2, 0) is 19.1 Å². The fraction of sp³-hybridized carbons (Fsp3) is 0.222. The Labute approximate surface area is 148 Å². The first-order valence-electron chi connectivity index (χ1n) is 7.72. The van der Waals surface area contributed by atoms with E-state index in [1.165, 1.54) is 18.5 Å². The van der Waals surface area contributed by atoms with E-state index in [9.17, 15) is 13.2 Å². The van der Waals surface area contributed by atoms with Crippen molar-refractivity contribution in [3.63, 3.8) is 0 Å². The van der Waals surface area contributed by atoms with Gasteiger partial charge in [0.2, 0.25) is 0 Å². The lowest BCUT2D eigenvalue weighted by atomic mass is 10.0. The summed E-state index contributed by atoms with van der Waals surface area (Å²) in [6.45, 7) is 2.51. The molecule has 0 N–H and O–H groups in total.